The van der Waals surface area contributed by atoms with Crippen molar-refractivity contribution in [3.05, 3.63) is 105 Å². The van der Waals surface area contributed by atoms with Crippen molar-refractivity contribution < 1.29 is 19.2 Å². The van der Waals surface area contributed by atoms with Crippen molar-refractivity contribution in [3.8, 4) is 11.1 Å². The van der Waals surface area contributed by atoms with Gasteiger partial charge in [-0.2, -0.15) is 20.5 Å². The van der Waals surface area contributed by atoms with Gasteiger partial charge in [-0.15, -0.1) is 0 Å². The summed E-state index contributed by atoms with van der Waals surface area (Å²) in [5.41, 5.74) is 7.43. The Morgan fingerprint density at radius 1 is 0.596 bits per heavy atom. The molecule has 4 aromatic carbocycles. The molecule has 0 aliphatic heterocycles. The molecule has 2 atom stereocenters. The van der Waals surface area contributed by atoms with Gasteiger partial charge in [-0.1, -0.05) is 93.4 Å². The number of hydrogen-bond donors (Lipinski definition) is 2. The first-order valence-corrected chi connectivity index (χ1v) is 17.9. The zero-order valence-corrected chi connectivity index (χ0v) is 31.6. The quantitative estimate of drug-likeness (QED) is 0.0924. The van der Waals surface area contributed by atoms with Crippen LogP contribution in [0.4, 0.5) is 22.7 Å². The summed E-state index contributed by atoms with van der Waals surface area (Å²) in [6.45, 7) is 10.7. The van der Waals surface area contributed by atoms with Crippen LogP contribution in [0.5, 0.6) is 0 Å². The molecule has 52 heavy (non-hydrogen) atoms. The first-order chi connectivity index (χ1) is 24.9. The molecule has 0 heterocycles. The van der Waals surface area contributed by atoms with Crippen LogP contribution >= 0.6 is 23.2 Å². The van der Waals surface area contributed by atoms with Gasteiger partial charge in [0.25, 0.3) is 11.8 Å². The van der Waals surface area contributed by atoms with E-state index in [2.05, 4.69) is 31.1 Å². The van der Waals surface area contributed by atoms with Gasteiger partial charge >= 0.3 is 0 Å². The maximum atomic E-state index is 13.1. The Labute approximate surface area is 314 Å². The van der Waals surface area contributed by atoms with E-state index in [1.54, 1.807) is 42.5 Å². The average molecular weight is 742 g/mol. The van der Waals surface area contributed by atoms with Crippen molar-refractivity contribution in [1.82, 2.24) is 0 Å². The highest BCUT2D eigenvalue weighted by atomic mass is 35.5. The van der Waals surface area contributed by atoms with Crippen molar-refractivity contribution >= 4 is 69.3 Å². The smallest absolute Gasteiger partial charge is 0.258 e. The third-order valence-corrected chi connectivity index (χ3v) is 9.48. The number of rotatable bonds is 15. The largest absolute Gasteiger partial charge is 0.323 e. The summed E-state index contributed by atoms with van der Waals surface area (Å²) in [6.07, 6.45) is 3.08. The SMILES string of the molecule is CCc1cccc(NC(=O)C(N=Nc2ccc(-c3ccc(N=NC(C(C)=O)C(=O)Nc4cccc(CC)c4CC)c(Cl)c3Cl)cc2)C(C)=O)c1CC. The molecule has 2 amide bonds. The van der Waals surface area contributed by atoms with E-state index in [1.807, 2.05) is 58.0 Å². The lowest BCUT2D eigenvalue weighted by Gasteiger charge is -2.15. The second kappa shape index (κ2) is 18.4. The van der Waals surface area contributed by atoms with Gasteiger partial charge in [-0.05, 0) is 97.7 Å². The molecule has 0 aliphatic carbocycles. The van der Waals surface area contributed by atoms with Crippen molar-refractivity contribution in [1.29, 1.82) is 0 Å². The number of benzene rings is 4. The Morgan fingerprint density at radius 3 is 1.52 bits per heavy atom. The van der Waals surface area contributed by atoms with Crippen LogP contribution in [0.15, 0.2) is 93.3 Å². The van der Waals surface area contributed by atoms with Gasteiger partial charge in [0.05, 0.1) is 15.7 Å². The number of nitrogens with one attached hydrogen (secondary N) is 2. The molecule has 4 aromatic rings. The summed E-state index contributed by atoms with van der Waals surface area (Å²) < 4.78 is 0. The third kappa shape index (κ3) is 9.43. The number of ketones is 2. The van der Waals surface area contributed by atoms with E-state index in [-0.39, 0.29) is 15.7 Å². The maximum absolute atomic E-state index is 13.1. The lowest BCUT2D eigenvalue weighted by molar-refractivity contribution is -0.127. The topological polar surface area (TPSA) is 142 Å². The van der Waals surface area contributed by atoms with Gasteiger partial charge in [0.1, 0.15) is 5.69 Å². The summed E-state index contributed by atoms with van der Waals surface area (Å²) in [5, 5.41) is 22.4. The highest BCUT2D eigenvalue weighted by Gasteiger charge is 2.26. The first kappa shape index (κ1) is 39.7. The van der Waals surface area contributed by atoms with E-state index in [0.29, 0.717) is 34.6 Å². The predicted molar refractivity (Wildman–Crippen MR) is 208 cm³/mol. The maximum Gasteiger partial charge on any atom is 0.258 e. The molecule has 0 aliphatic rings. The van der Waals surface area contributed by atoms with E-state index in [0.717, 1.165) is 41.5 Å². The first-order valence-electron chi connectivity index (χ1n) is 17.2. The van der Waals surface area contributed by atoms with E-state index in [9.17, 15) is 19.2 Å². The summed E-state index contributed by atoms with van der Waals surface area (Å²) >= 11 is 13.2. The number of halogens is 2. The highest BCUT2D eigenvalue weighted by molar-refractivity contribution is 6.45. The van der Waals surface area contributed by atoms with Crippen LogP contribution in [-0.4, -0.2) is 35.5 Å². The number of carbonyl (C=O) groups excluding carboxylic acids is 4. The summed E-state index contributed by atoms with van der Waals surface area (Å²) in [5.74, 6) is -2.08. The van der Waals surface area contributed by atoms with Crippen LogP contribution in [0.1, 0.15) is 63.8 Å². The van der Waals surface area contributed by atoms with Crippen molar-refractivity contribution in [3.63, 3.8) is 0 Å². The minimum atomic E-state index is -1.39. The molecule has 0 bridgehead atoms. The van der Waals surface area contributed by atoms with Crippen LogP contribution in [0, 0.1) is 0 Å². The molecule has 0 spiro atoms. The second-order valence-electron chi connectivity index (χ2n) is 12.0. The number of carbonyl (C=O) groups is 4. The number of azo groups is 2. The van der Waals surface area contributed by atoms with Gasteiger partial charge < -0.3 is 10.6 Å². The molecule has 10 nitrogen and oxygen atoms in total. The van der Waals surface area contributed by atoms with Gasteiger partial charge in [0.15, 0.2) is 11.6 Å². The van der Waals surface area contributed by atoms with E-state index >= 15 is 0 Å². The van der Waals surface area contributed by atoms with Gasteiger partial charge in [-0.3, -0.25) is 19.2 Å². The number of nitrogens with zero attached hydrogens (tertiary/aromatic N) is 4. The Bertz CT molecular complexity index is 2030. The molecule has 4 rings (SSSR count). The van der Waals surface area contributed by atoms with Gasteiger partial charge in [-0.25, -0.2) is 0 Å². The number of Topliss-reactive ketones (excluding diaryl/α,β-unsaturated/α-hetero) is 2. The molecule has 0 fully saturated rings. The fourth-order valence-corrected chi connectivity index (χ4v) is 6.30. The lowest BCUT2D eigenvalue weighted by atomic mass is 10.0. The minimum Gasteiger partial charge on any atom is -0.323 e. The lowest BCUT2D eigenvalue weighted by Crippen LogP contribution is -2.32. The van der Waals surface area contributed by atoms with Crippen LogP contribution in [-0.2, 0) is 44.9 Å². The highest BCUT2D eigenvalue weighted by Crippen LogP contribution is 2.40. The summed E-state index contributed by atoms with van der Waals surface area (Å²) in [7, 11) is 0. The van der Waals surface area contributed by atoms with Crippen LogP contribution in [0.2, 0.25) is 10.0 Å². The normalized spacial score (nSPS) is 12.5. The molecule has 0 aromatic heterocycles. The molecular weight excluding hydrogens is 699 g/mol. The molecule has 0 saturated carbocycles. The monoisotopic (exact) mass is 740 g/mol. The number of amides is 2. The van der Waals surface area contributed by atoms with Crippen LogP contribution in [0.3, 0.4) is 0 Å². The average Bonchev–Trinajstić information content (AvgIpc) is 3.13. The fraction of sp³-hybridized carbons (Fsp3) is 0.300. The third-order valence-electron chi connectivity index (χ3n) is 8.61. The Balaban J connectivity index is 1.49. The zero-order chi connectivity index (χ0) is 37.9. The van der Waals surface area contributed by atoms with Gasteiger partial charge in [0, 0.05) is 16.9 Å². The van der Waals surface area contributed by atoms with Crippen LogP contribution < -0.4 is 10.6 Å². The van der Waals surface area contributed by atoms with Crippen LogP contribution in [0.25, 0.3) is 11.1 Å². The molecule has 270 valence electrons. The predicted octanol–water partition coefficient (Wildman–Crippen LogP) is 10.3. The fourth-order valence-electron chi connectivity index (χ4n) is 5.83. The Hall–Kier alpha value is -5.06. The standard InChI is InChI=1S/C40H42Cl2N6O4/c1-7-25-13-11-15-32(29(25)9-3)43-39(51)37(23(5)49)47-45-28-19-17-27(18-20-28)31-21-22-34(36(42)35(31)41)46-48-38(24(6)50)40(52)44-33-16-12-14-26(8-2)30(33)10-4/h11-22,37-38H,7-10H2,1-6H3,(H,43,51)(H,44,52). The Morgan fingerprint density at radius 2 is 1.08 bits per heavy atom. The molecular formula is C40H42Cl2N6O4. The van der Waals surface area contributed by atoms with E-state index < -0.39 is 35.5 Å². The summed E-state index contributed by atoms with van der Waals surface area (Å²) in [6, 6.07) is 18.8. The number of hydrogen-bond acceptors (Lipinski definition) is 8. The number of aryl methyl sites for hydroxylation is 2. The van der Waals surface area contributed by atoms with E-state index in [4.69, 9.17) is 23.2 Å². The van der Waals surface area contributed by atoms with E-state index in [1.165, 1.54) is 13.8 Å². The molecule has 2 N–H and O–H groups in total. The molecule has 0 radical (unpaired) electrons. The second-order valence-corrected chi connectivity index (χ2v) is 12.8. The van der Waals surface area contributed by atoms with Crippen molar-refractivity contribution in [2.75, 3.05) is 10.6 Å². The van der Waals surface area contributed by atoms with Gasteiger partial charge in [0.2, 0.25) is 12.1 Å². The minimum absolute atomic E-state index is 0.0873. The van der Waals surface area contributed by atoms with Crippen molar-refractivity contribution in [2.45, 2.75) is 79.3 Å². The Kier molecular flexibility index (Phi) is 14.1. The molecule has 12 heteroatoms. The number of anilines is 2. The molecule has 2 unspecified atom stereocenters. The zero-order valence-electron chi connectivity index (χ0n) is 30.1. The summed E-state index contributed by atoms with van der Waals surface area (Å²) in [4.78, 5) is 51.0. The molecule has 0 saturated heterocycles. The van der Waals surface area contributed by atoms with Crippen molar-refractivity contribution in [2.24, 2.45) is 20.5 Å².